The van der Waals surface area contributed by atoms with E-state index in [1.165, 1.54) is 0 Å². The van der Waals surface area contributed by atoms with Crippen LogP contribution < -0.4 is 10.2 Å². The summed E-state index contributed by atoms with van der Waals surface area (Å²) in [7, 11) is 0. The Morgan fingerprint density at radius 2 is 2.07 bits per heavy atom. The molecule has 1 N–H and O–H groups in total. The maximum absolute atomic E-state index is 12.3. The third-order valence-corrected chi connectivity index (χ3v) is 4.41. The molecule has 1 saturated heterocycles. The van der Waals surface area contributed by atoms with Crippen molar-refractivity contribution in [3.05, 3.63) is 47.8 Å². The lowest BCUT2D eigenvalue weighted by atomic mass is 10.0. The fourth-order valence-corrected chi connectivity index (χ4v) is 3.05. The largest absolute Gasteiger partial charge is 0.459 e. The zero-order valence-corrected chi connectivity index (χ0v) is 15.6. The van der Waals surface area contributed by atoms with E-state index in [1.807, 2.05) is 19.9 Å². The molecule has 1 aliphatic heterocycles. The Balaban J connectivity index is 1.61. The summed E-state index contributed by atoms with van der Waals surface area (Å²) in [6.45, 7) is 5.34. The van der Waals surface area contributed by atoms with E-state index >= 15 is 0 Å². The number of hydrogen-bond acceptors (Lipinski definition) is 7. The number of aromatic nitrogens is 2. The molecule has 1 fully saturated rings. The van der Waals surface area contributed by atoms with Crippen molar-refractivity contribution >= 4 is 17.6 Å². The molecule has 27 heavy (non-hydrogen) atoms. The van der Waals surface area contributed by atoms with Gasteiger partial charge in [0, 0.05) is 31.5 Å². The molecule has 0 spiro atoms. The van der Waals surface area contributed by atoms with E-state index in [4.69, 9.17) is 10.00 Å². The van der Waals surface area contributed by atoms with Gasteiger partial charge in [0.2, 0.25) is 0 Å². The lowest BCUT2D eigenvalue weighted by Crippen LogP contribution is -2.39. The van der Waals surface area contributed by atoms with Gasteiger partial charge in [0.05, 0.1) is 11.7 Å². The van der Waals surface area contributed by atoms with Gasteiger partial charge in [-0.15, -0.1) is 0 Å². The van der Waals surface area contributed by atoms with E-state index in [1.54, 1.807) is 30.6 Å². The number of pyridine rings is 2. The Morgan fingerprint density at radius 1 is 1.30 bits per heavy atom. The minimum absolute atomic E-state index is 0.172. The third-order valence-electron chi connectivity index (χ3n) is 4.41. The maximum Gasteiger partial charge on any atom is 0.342 e. The molecule has 3 heterocycles. The number of anilines is 2. The van der Waals surface area contributed by atoms with Crippen LogP contribution in [-0.2, 0) is 4.74 Å². The molecule has 7 nitrogen and oxygen atoms in total. The monoisotopic (exact) mass is 365 g/mol. The Morgan fingerprint density at radius 3 is 2.70 bits per heavy atom. The molecule has 2 aromatic rings. The number of nitrogens with zero attached hydrogens (tertiary/aromatic N) is 4. The summed E-state index contributed by atoms with van der Waals surface area (Å²) in [5.41, 5.74) is 1.02. The Hall–Kier alpha value is -3.14. The van der Waals surface area contributed by atoms with Crippen molar-refractivity contribution in [2.45, 2.75) is 38.8 Å². The molecule has 0 radical (unpaired) electrons. The first-order chi connectivity index (χ1) is 13.1. The molecule has 0 amide bonds. The summed E-state index contributed by atoms with van der Waals surface area (Å²) < 4.78 is 5.30. The van der Waals surface area contributed by atoms with Crippen LogP contribution in [0, 0.1) is 11.3 Å². The summed E-state index contributed by atoms with van der Waals surface area (Å²) in [5, 5.41) is 12.3. The minimum atomic E-state index is -0.361. The molecular formula is C20H23N5O2. The number of hydrogen-bond donors (Lipinski definition) is 1. The predicted octanol–water partition coefficient (Wildman–Crippen LogP) is 2.99. The first-order valence-corrected chi connectivity index (χ1v) is 9.10. The van der Waals surface area contributed by atoms with Gasteiger partial charge < -0.3 is 15.0 Å². The molecule has 2 aromatic heterocycles. The summed E-state index contributed by atoms with van der Waals surface area (Å²) in [6.07, 6.45) is 4.90. The normalized spacial score (nSPS) is 14.7. The second kappa shape index (κ2) is 8.49. The highest BCUT2D eigenvalue weighted by atomic mass is 16.5. The van der Waals surface area contributed by atoms with Crippen molar-refractivity contribution in [3.8, 4) is 6.07 Å². The number of piperidine rings is 1. The van der Waals surface area contributed by atoms with Gasteiger partial charge in [-0.05, 0) is 51.0 Å². The Labute approximate surface area is 159 Å². The molecular weight excluding hydrogens is 342 g/mol. The summed E-state index contributed by atoms with van der Waals surface area (Å²) >= 11 is 0. The number of carbonyl (C=O) groups excluding carboxylic acids is 1. The van der Waals surface area contributed by atoms with Gasteiger partial charge in [0.1, 0.15) is 23.3 Å². The fourth-order valence-electron chi connectivity index (χ4n) is 3.05. The first kappa shape index (κ1) is 18.6. The van der Waals surface area contributed by atoms with Crippen molar-refractivity contribution in [3.63, 3.8) is 0 Å². The molecule has 0 bridgehead atoms. The number of nitriles is 1. The molecule has 7 heteroatoms. The smallest absolute Gasteiger partial charge is 0.342 e. The van der Waals surface area contributed by atoms with Crippen molar-refractivity contribution in [1.82, 2.24) is 9.97 Å². The topological polar surface area (TPSA) is 91.1 Å². The number of nitrogens with one attached hydrogen (secondary N) is 1. The number of ether oxygens (including phenoxy) is 1. The van der Waals surface area contributed by atoms with Crippen LogP contribution >= 0.6 is 0 Å². The SMILES string of the molecule is CC(C)OC(=O)c1cccnc1NC1CCN(c2ccc(C#N)cn2)CC1. The highest BCUT2D eigenvalue weighted by Gasteiger charge is 2.23. The molecule has 0 aromatic carbocycles. The van der Waals surface area contributed by atoms with Crippen LogP contribution in [0.1, 0.15) is 42.6 Å². The molecule has 0 saturated carbocycles. The van der Waals surface area contributed by atoms with Crippen molar-refractivity contribution < 1.29 is 9.53 Å². The zero-order valence-electron chi connectivity index (χ0n) is 15.6. The van der Waals surface area contributed by atoms with Crippen LogP contribution in [0.2, 0.25) is 0 Å². The van der Waals surface area contributed by atoms with Gasteiger partial charge in [0.25, 0.3) is 0 Å². The van der Waals surface area contributed by atoms with Crippen LogP contribution in [0.5, 0.6) is 0 Å². The molecule has 140 valence electrons. The van der Waals surface area contributed by atoms with Crippen LogP contribution in [0.4, 0.5) is 11.6 Å². The van der Waals surface area contributed by atoms with Crippen LogP contribution in [-0.4, -0.2) is 41.2 Å². The standard InChI is InChI=1S/C20H23N5O2/c1-14(2)27-20(26)17-4-3-9-22-19(17)24-16-7-10-25(11-8-16)18-6-5-15(12-21)13-23-18/h3-6,9,13-14,16H,7-8,10-11H2,1-2H3,(H,22,24). The van der Waals surface area contributed by atoms with Gasteiger partial charge in [-0.2, -0.15) is 5.26 Å². The second-order valence-corrected chi connectivity index (χ2v) is 6.78. The summed E-state index contributed by atoms with van der Waals surface area (Å²) in [5.74, 6) is 1.09. The lowest BCUT2D eigenvalue weighted by molar-refractivity contribution is 0.0378. The van der Waals surface area contributed by atoms with E-state index in [-0.39, 0.29) is 18.1 Å². The van der Waals surface area contributed by atoms with Gasteiger partial charge >= 0.3 is 5.97 Å². The lowest BCUT2D eigenvalue weighted by Gasteiger charge is -2.33. The Bertz CT molecular complexity index is 821. The van der Waals surface area contributed by atoms with E-state index in [2.05, 4.69) is 26.3 Å². The van der Waals surface area contributed by atoms with Crippen molar-refractivity contribution in [2.24, 2.45) is 0 Å². The van der Waals surface area contributed by atoms with Crippen LogP contribution in [0.3, 0.4) is 0 Å². The van der Waals surface area contributed by atoms with Gasteiger partial charge in [-0.1, -0.05) is 0 Å². The van der Waals surface area contributed by atoms with Gasteiger partial charge in [-0.25, -0.2) is 14.8 Å². The quantitative estimate of drug-likeness (QED) is 0.814. The first-order valence-electron chi connectivity index (χ1n) is 9.10. The van der Waals surface area contributed by atoms with Crippen LogP contribution in [0.15, 0.2) is 36.7 Å². The summed E-state index contributed by atoms with van der Waals surface area (Å²) in [4.78, 5) is 23.2. The molecule has 3 rings (SSSR count). The Kier molecular flexibility index (Phi) is 5.87. The van der Waals surface area contributed by atoms with E-state index < -0.39 is 0 Å². The van der Waals surface area contributed by atoms with Gasteiger partial charge in [0.15, 0.2) is 0 Å². The summed E-state index contributed by atoms with van der Waals surface area (Å²) in [6, 6.07) is 9.44. The molecule has 0 atom stereocenters. The second-order valence-electron chi connectivity index (χ2n) is 6.78. The number of rotatable bonds is 5. The highest BCUT2D eigenvalue weighted by Crippen LogP contribution is 2.22. The average molecular weight is 365 g/mol. The van der Waals surface area contributed by atoms with Crippen LogP contribution in [0.25, 0.3) is 0 Å². The maximum atomic E-state index is 12.3. The minimum Gasteiger partial charge on any atom is -0.459 e. The predicted molar refractivity (Wildman–Crippen MR) is 103 cm³/mol. The fraction of sp³-hybridized carbons (Fsp3) is 0.400. The van der Waals surface area contributed by atoms with E-state index in [0.717, 1.165) is 31.7 Å². The zero-order chi connectivity index (χ0) is 19.2. The van der Waals surface area contributed by atoms with Gasteiger partial charge in [-0.3, -0.25) is 0 Å². The molecule has 1 aliphatic rings. The number of carbonyl (C=O) groups is 1. The average Bonchev–Trinajstić information content (AvgIpc) is 2.68. The molecule has 0 unspecified atom stereocenters. The molecule has 0 aliphatic carbocycles. The van der Waals surface area contributed by atoms with E-state index in [9.17, 15) is 4.79 Å². The van der Waals surface area contributed by atoms with Crippen molar-refractivity contribution in [1.29, 1.82) is 5.26 Å². The number of esters is 1. The third kappa shape index (κ3) is 4.73. The van der Waals surface area contributed by atoms with E-state index in [0.29, 0.717) is 16.9 Å². The van der Waals surface area contributed by atoms with Crippen molar-refractivity contribution in [2.75, 3.05) is 23.3 Å². The highest BCUT2D eigenvalue weighted by molar-refractivity contribution is 5.94.